The number of carbonyl (C=O) groups is 2. The molecule has 0 fully saturated rings. The highest BCUT2D eigenvalue weighted by Crippen LogP contribution is 2.29. The van der Waals surface area contributed by atoms with Gasteiger partial charge in [-0.05, 0) is 42.0 Å². The Balaban J connectivity index is 1.85. The fourth-order valence-electron chi connectivity index (χ4n) is 2.18. The zero-order valence-electron chi connectivity index (χ0n) is 15.0. The van der Waals surface area contributed by atoms with Crippen molar-refractivity contribution >= 4 is 17.5 Å². The number of anilines is 1. The lowest BCUT2D eigenvalue weighted by atomic mass is 10.2. The normalized spacial score (nSPS) is 11.0. The standard InChI is InChI=1S/C19H19F3N2O4/c1-27-9-10-28-16-4-2-3-13(11-16)12-23-17(25)18(26)24-15-7-5-14(6-8-15)19(20,21)22/h2-8,11H,9-10,12H2,1H3,(H,23,25)(H,24,26). The number of rotatable bonds is 7. The average Bonchev–Trinajstić information content (AvgIpc) is 2.66. The topological polar surface area (TPSA) is 76.7 Å². The van der Waals surface area contributed by atoms with E-state index >= 15 is 0 Å². The van der Waals surface area contributed by atoms with Gasteiger partial charge in [0.25, 0.3) is 0 Å². The van der Waals surface area contributed by atoms with Gasteiger partial charge in [0.2, 0.25) is 0 Å². The van der Waals surface area contributed by atoms with E-state index in [1.807, 2.05) is 0 Å². The molecule has 0 aliphatic carbocycles. The molecule has 2 amide bonds. The Morgan fingerprint density at radius 1 is 1.00 bits per heavy atom. The summed E-state index contributed by atoms with van der Waals surface area (Å²) in [5, 5.41) is 4.68. The van der Waals surface area contributed by atoms with Crippen molar-refractivity contribution in [3.63, 3.8) is 0 Å². The average molecular weight is 396 g/mol. The van der Waals surface area contributed by atoms with Gasteiger partial charge in [-0.25, -0.2) is 0 Å². The number of hydrogen-bond acceptors (Lipinski definition) is 4. The molecule has 0 bridgehead atoms. The minimum atomic E-state index is -4.47. The second-order valence-electron chi connectivity index (χ2n) is 5.70. The van der Waals surface area contributed by atoms with E-state index in [9.17, 15) is 22.8 Å². The largest absolute Gasteiger partial charge is 0.491 e. The quantitative estimate of drug-likeness (QED) is 0.557. The predicted molar refractivity (Wildman–Crippen MR) is 95.7 cm³/mol. The smallest absolute Gasteiger partial charge is 0.416 e. The van der Waals surface area contributed by atoms with Gasteiger partial charge in [0, 0.05) is 19.3 Å². The first-order valence-corrected chi connectivity index (χ1v) is 8.26. The number of nitrogens with one attached hydrogen (secondary N) is 2. The van der Waals surface area contributed by atoms with E-state index < -0.39 is 23.6 Å². The lowest BCUT2D eigenvalue weighted by Crippen LogP contribution is -2.34. The van der Waals surface area contributed by atoms with E-state index in [1.165, 1.54) is 0 Å². The van der Waals surface area contributed by atoms with Gasteiger partial charge in [-0.3, -0.25) is 9.59 Å². The van der Waals surface area contributed by atoms with Crippen molar-refractivity contribution in [2.45, 2.75) is 12.7 Å². The van der Waals surface area contributed by atoms with Crippen molar-refractivity contribution in [2.24, 2.45) is 0 Å². The van der Waals surface area contributed by atoms with Crippen molar-refractivity contribution < 1.29 is 32.2 Å². The predicted octanol–water partition coefficient (Wildman–Crippen LogP) is 2.99. The van der Waals surface area contributed by atoms with Gasteiger partial charge in [-0.2, -0.15) is 13.2 Å². The fourth-order valence-corrected chi connectivity index (χ4v) is 2.18. The van der Waals surface area contributed by atoms with Gasteiger partial charge < -0.3 is 20.1 Å². The number of benzene rings is 2. The lowest BCUT2D eigenvalue weighted by molar-refractivity contribution is -0.137. The maximum Gasteiger partial charge on any atom is 0.416 e. The molecular weight excluding hydrogens is 377 g/mol. The Hall–Kier alpha value is -3.07. The number of amides is 2. The summed E-state index contributed by atoms with van der Waals surface area (Å²) >= 11 is 0. The number of halogens is 3. The Bertz CT molecular complexity index is 808. The molecule has 150 valence electrons. The van der Waals surface area contributed by atoms with Gasteiger partial charge in [-0.1, -0.05) is 12.1 Å². The van der Waals surface area contributed by atoms with E-state index in [4.69, 9.17) is 9.47 Å². The zero-order chi connectivity index (χ0) is 20.6. The van der Waals surface area contributed by atoms with Crippen LogP contribution in [-0.2, 0) is 27.0 Å². The molecule has 2 N–H and O–H groups in total. The van der Waals surface area contributed by atoms with Crippen LogP contribution in [0, 0.1) is 0 Å². The Morgan fingerprint density at radius 3 is 2.36 bits per heavy atom. The second-order valence-corrected chi connectivity index (χ2v) is 5.70. The SMILES string of the molecule is COCCOc1cccc(CNC(=O)C(=O)Nc2ccc(C(F)(F)F)cc2)c1. The van der Waals surface area contributed by atoms with Crippen LogP contribution >= 0.6 is 0 Å². The number of alkyl halides is 3. The molecule has 0 heterocycles. The van der Waals surface area contributed by atoms with Crippen LogP contribution in [0.3, 0.4) is 0 Å². The molecular formula is C19H19F3N2O4. The van der Waals surface area contributed by atoms with Crippen LogP contribution in [0.4, 0.5) is 18.9 Å². The molecule has 0 spiro atoms. The monoisotopic (exact) mass is 396 g/mol. The van der Waals surface area contributed by atoms with Crippen molar-refractivity contribution in [1.29, 1.82) is 0 Å². The summed E-state index contributed by atoms with van der Waals surface area (Å²) in [6.45, 7) is 0.897. The van der Waals surface area contributed by atoms with Crippen LogP contribution in [-0.4, -0.2) is 32.1 Å². The minimum absolute atomic E-state index is 0.0841. The first-order valence-electron chi connectivity index (χ1n) is 8.26. The summed E-state index contributed by atoms with van der Waals surface area (Å²) in [4.78, 5) is 23.8. The maximum atomic E-state index is 12.5. The molecule has 0 radical (unpaired) electrons. The van der Waals surface area contributed by atoms with E-state index in [1.54, 1.807) is 31.4 Å². The second kappa shape index (κ2) is 9.75. The van der Waals surface area contributed by atoms with Gasteiger partial charge in [0.1, 0.15) is 12.4 Å². The van der Waals surface area contributed by atoms with Crippen molar-refractivity contribution in [2.75, 3.05) is 25.6 Å². The third-order valence-electron chi connectivity index (χ3n) is 3.58. The number of carbonyl (C=O) groups excluding carboxylic acids is 2. The first kappa shape index (κ1) is 21.2. The van der Waals surface area contributed by atoms with Crippen LogP contribution in [0.15, 0.2) is 48.5 Å². The van der Waals surface area contributed by atoms with Gasteiger partial charge in [0.05, 0.1) is 12.2 Å². The van der Waals surface area contributed by atoms with E-state index in [0.29, 0.717) is 24.5 Å². The minimum Gasteiger partial charge on any atom is -0.491 e. The first-order chi connectivity index (χ1) is 13.3. The Labute approximate surface area is 159 Å². The number of methoxy groups -OCH3 is 1. The van der Waals surface area contributed by atoms with Crippen LogP contribution in [0.5, 0.6) is 5.75 Å². The summed E-state index contributed by atoms with van der Waals surface area (Å²) in [5.41, 5.74) is -0.0464. The number of ether oxygens (including phenoxy) is 2. The Kier molecular flexibility index (Phi) is 7.39. The van der Waals surface area contributed by atoms with Crippen molar-refractivity contribution in [3.05, 3.63) is 59.7 Å². The number of hydrogen-bond donors (Lipinski definition) is 2. The molecule has 0 aliphatic heterocycles. The molecule has 0 aliphatic rings. The highest BCUT2D eigenvalue weighted by molar-refractivity contribution is 6.39. The molecule has 0 unspecified atom stereocenters. The van der Waals surface area contributed by atoms with Gasteiger partial charge in [-0.15, -0.1) is 0 Å². The molecule has 2 aromatic rings. The van der Waals surface area contributed by atoms with Crippen molar-refractivity contribution in [1.82, 2.24) is 5.32 Å². The van der Waals surface area contributed by atoms with Gasteiger partial charge >= 0.3 is 18.0 Å². The maximum absolute atomic E-state index is 12.5. The molecule has 2 aromatic carbocycles. The van der Waals surface area contributed by atoms with E-state index in [2.05, 4.69) is 10.6 Å². The molecule has 28 heavy (non-hydrogen) atoms. The molecule has 9 heteroatoms. The van der Waals surface area contributed by atoms with Crippen LogP contribution in [0.1, 0.15) is 11.1 Å². The lowest BCUT2D eigenvalue weighted by Gasteiger charge is -2.10. The van der Waals surface area contributed by atoms with E-state index in [-0.39, 0.29) is 12.2 Å². The van der Waals surface area contributed by atoms with Gasteiger partial charge in [0.15, 0.2) is 0 Å². The molecule has 0 atom stereocenters. The molecule has 2 rings (SSSR count). The third-order valence-corrected chi connectivity index (χ3v) is 3.58. The summed E-state index contributed by atoms with van der Waals surface area (Å²) in [5.74, 6) is -1.30. The summed E-state index contributed by atoms with van der Waals surface area (Å²) in [6.07, 6.45) is -4.47. The highest BCUT2D eigenvalue weighted by atomic mass is 19.4. The fraction of sp³-hybridized carbons (Fsp3) is 0.263. The molecule has 0 aromatic heterocycles. The Morgan fingerprint density at radius 2 is 1.71 bits per heavy atom. The summed E-state index contributed by atoms with van der Waals surface area (Å²) in [7, 11) is 1.56. The summed E-state index contributed by atoms with van der Waals surface area (Å²) in [6, 6.07) is 10.7. The molecule has 0 saturated heterocycles. The highest BCUT2D eigenvalue weighted by Gasteiger charge is 2.30. The van der Waals surface area contributed by atoms with E-state index in [0.717, 1.165) is 24.3 Å². The van der Waals surface area contributed by atoms with Crippen molar-refractivity contribution in [3.8, 4) is 5.75 Å². The van der Waals surface area contributed by atoms with Crippen LogP contribution in [0.2, 0.25) is 0 Å². The summed E-state index contributed by atoms with van der Waals surface area (Å²) < 4.78 is 47.9. The van der Waals surface area contributed by atoms with Crippen LogP contribution in [0.25, 0.3) is 0 Å². The molecule has 6 nitrogen and oxygen atoms in total. The third kappa shape index (κ3) is 6.58. The zero-order valence-corrected chi connectivity index (χ0v) is 15.0. The molecule has 0 saturated carbocycles. The van der Waals surface area contributed by atoms with Crippen LogP contribution < -0.4 is 15.4 Å².